The molecule has 4 rings (SSSR count). The van der Waals surface area contributed by atoms with Crippen molar-refractivity contribution in [1.29, 1.82) is 0 Å². The number of hydrogen-bond donors (Lipinski definition) is 1. The molecule has 0 saturated carbocycles. The number of hydrogen-bond acceptors (Lipinski definition) is 4. The molecule has 0 atom stereocenters. The topological polar surface area (TPSA) is 73.0 Å². The summed E-state index contributed by atoms with van der Waals surface area (Å²) in [6, 6.07) is 12.2. The molecule has 1 N–H and O–H groups in total. The van der Waals surface area contributed by atoms with E-state index in [1.54, 1.807) is 29.0 Å². The van der Waals surface area contributed by atoms with Gasteiger partial charge < -0.3 is 8.98 Å². The lowest BCUT2D eigenvalue weighted by molar-refractivity contribution is -0.137. The molecule has 0 spiro atoms. The third-order valence-electron chi connectivity index (χ3n) is 4.56. The van der Waals surface area contributed by atoms with Crippen molar-refractivity contribution >= 4 is 22.9 Å². The van der Waals surface area contributed by atoms with Crippen LogP contribution in [0.25, 0.3) is 11.0 Å². The normalized spacial score (nSPS) is 11.7. The first-order valence-electron chi connectivity index (χ1n) is 9.20. The SMILES string of the molecule is O=C(CCc1ccccn1)Nc1nc2cc(C(F)(F)F)ccc2n1Cc1ccco1. The molecule has 0 fully saturated rings. The number of fused-ring (bicyclic) bond motifs is 1. The minimum Gasteiger partial charge on any atom is -0.467 e. The van der Waals surface area contributed by atoms with Crippen LogP contribution < -0.4 is 5.32 Å². The van der Waals surface area contributed by atoms with E-state index in [4.69, 9.17) is 4.42 Å². The number of alkyl halides is 3. The standard InChI is InChI=1S/C21H17F3N4O2/c22-21(23,24)14-6-8-18-17(12-14)26-20(28(18)13-16-5-3-11-30-16)27-19(29)9-7-15-4-1-2-10-25-15/h1-6,8,10-12H,7,9,13H2,(H,26,27,29). The Morgan fingerprint density at radius 2 is 2.00 bits per heavy atom. The first kappa shape index (κ1) is 19.7. The van der Waals surface area contributed by atoms with E-state index in [1.807, 2.05) is 12.1 Å². The van der Waals surface area contributed by atoms with Gasteiger partial charge in [-0.3, -0.25) is 15.1 Å². The summed E-state index contributed by atoms with van der Waals surface area (Å²) in [7, 11) is 0. The molecule has 30 heavy (non-hydrogen) atoms. The van der Waals surface area contributed by atoms with E-state index >= 15 is 0 Å². The molecule has 1 aromatic carbocycles. The van der Waals surface area contributed by atoms with Crippen molar-refractivity contribution in [1.82, 2.24) is 14.5 Å². The molecule has 0 radical (unpaired) electrons. The monoisotopic (exact) mass is 414 g/mol. The summed E-state index contributed by atoms with van der Waals surface area (Å²) in [5.41, 5.74) is 0.563. The van der Waals surface area contributed by atoms with Gasteiger partial charge in [0.25, 0.3) is 0 Å². The Morgan fingerprint density at radius 1 is 1.13 bits per heavy atom. The maximum absolute atomic E-state index is 13.1. The third-order valence-corrected chi connectivity index (χ3v) is 4.56. The van der Waals surface area contributed by atoms with Crippen LogP contribution in [0.2, 0.25) is 0 Å². The van der Waals surface area contributed by atoms with Crippen molar-refractivity contribution in [3.05, 3.63) is 78.0 Å². The van der Waals surface area contributed by atoms with Gasteiger partial charge in [0.1, 0.15) is 5.76 Å². The van der Waals surface area contributed by atoms with Crippen molar-refractivity contribution in [3.63, 3.8) is 0 Å². The second-order valence-corrected chi connectivity index (χ2v) is 6.67. The Labute approximate surface area is 169 Å². The zero-order valence-electron chi connectivity index (χ0n) is 15.7. The number of furan rings is 1. The number of aryl methyl sites for hydroxylation is 1. The molecule has 0 aliphatic rings. The van der Waals surface area contributed by atoms with Crippen LogP contribution in [0.1, 0.15) is 23.4 Å². The minimum atomic E-state index is -4.48. The summed E-state index contributed by atoms with van der Waals surface area (Å²) in [5.74, 6) is 0.428. The second-order valence-electron chi connectivity index (χ2n) is 6.67. The molecule has 0 aliphatic carbocycles. The molecule has 0 saturated heterocycles. The Kier molecular flexibility index (Phi) is 5.26. The molecule has 0 unspecified atom stereocenters. The Morgan fingerprint density at radius 3 is 2.70 bits per heavy atom. The molecule has 3 heterocycles. The Hall–Kier alpha value is -3.62. The molecule has 9 heteroatoms. The van der Waals surface area contributed by atoms with Crippen LogP contribution in [0.15, 0.2) is 65.4 Å². The summed E-state index contributed by atoms with van der Waals surface area (Å²) < 4.78 is 46.2. The molecule has 3 aromatic heterocycles. The van der Waals surface area contributed by atoms with E-state index in [-0.39, 0.29) is 30.3 Å². The van der Waals surface area contributed by atoms with Crippen LogP contribution in [0.5, 0.6) is 0 Å². The Balaban J connectivity index is 1.62. The largest absolute Gasteiger partial charge is 0.467 e. The van der Waals surface area contributed by atoms with Crippen molar-refractivity contribution < 1.29 is 22.4 Å². The number of imidazole rings is 1. The van der Waals surface area contributed by atoms with Gasteiger partial charge in [-0.25, -0.2) is 4.98 Å². The number of nitrogens with zero attached hydrogens (tertiary/aromatic N) is 3. The van der Waals surface area contributed by atoms with Crippen LogP contribution in [-0.2, 0) is 23.9 Å². The molecular formula is C21H17F3N4O2. The number of rotatable bonds is 6. The highest BCUT2D eigenvalue weighted by atomic mass is 19.4. The maximum atomic E-state index is 13.1. The van der Waals surface area contributed by atoms with Crippen LogP contribution in [-0.4, -0.2) is 20.4 Å². The van der Waals surface area contributed by atoms with Crippen LogP contribution in [0.4, 0.5) is 19.1 Å². The first-order valence-corrected chi connectivity index (χ1v) is 9.20. The van der Waals surface area contributed by atoms with Gasteiger partial charge >= 0.3 is 6.18 Å². The van der Waals surface area contributed by atoms with Crippen molar-refractivity contribution in [2.24, 2.45) is 0 Å². The van der Waals surface area contributed by atoms with E-state index < -0.39 is 11.7 Å². The fourth-order valence-electron chi connectivity index (χ4n) is 3.09. The third kappa shape index (κ3) is 4.35. The van der Waals surface area contributed by atoms with Crippen molar-refractivity contribution in [2.45, 2.75) is 25.6 Å². The highest BCUT2D eigenvalue weighted by molar-refractivity contribution is 5.91. The number of benzene rings is 1. The van der Waals surface area contributed by atoms with E-state index in [0.29, 0.717) is 17.7 Å². The molecule has 6 nitrogen and oxygen atoms in total. The number of amides is 1. The smallest absolute Gasteiger partial charge is 0.416 e. The van der Waals surface area contributed by atoms with Gasteiger partial charge in [-0.2, -0.15) is 13.2 Å². The number of carbonyl (C=O) groups excluding carboxylic acids is 1. The second kappa shape index (κ2) is 8.02. The zero-order valence-corrected chi connectivity index (χ0v) is 15.7. The summed E-state index contributed by atoms with van der Waals surface area (Å²) >= 11 is 0. The highest BCUT2D eigenvalue weighted by Crippen LogP contribution is 2.32. The first-order chi connectivity index (χ1) is 14.4. The van der Waals surface area contributed by atoms with Gasteiger partial charge in [0.05, 0.1) is 29.4 Å². The lowest BCUT2D eigenvalue weighted by Crippen LogP contribution is -2.16. The van der Waals surface area contributed by atoms with Crippen molar-refractivity contribution in [2.75, 3.05) is 5.32 Å². The van der Waals surface area contributed by atoms with Gasteiger partial charge in [-0.1, -0.05) is 6.07 Å². The molecule has 0 aliphatic heterocycles. The maximum Gasteiger partial charge on any atom is 0.416 e. The lowest BCUT2D eigenvalue weighted by atomic mass is 10.2. The minimum absolute atomic E-state index is 0.136. The number of nitrogens with one attached hydrogen (secondary N) is 1. The van der Waals surface area contributed by atoms with Gasteiger partial charge in [0.15, 0.2) is 0 Å². The number of pyridine rings is 1. The number of carbonyl (C=O) groups is 1. The number of aromatic nitrogens is 3. The van der Waals surface area contributed by atoms with Crippen LogP contribution in [0, 0.1) is 0 Å². The van der Waals surface area contributed by atoms with Crippen LogP contribution in [0.3, 0.4) is 0 Å². The predicted molar refractivity (Wildman–Crippen MR) is 104 cm³/mol. The van der Waals surface area contributed by atoms with Gasteiger partial charge in [0, 0.05) is 18.3 Å². The molecule has 0 bridgehead atoms. The average molecular weight is 414 g/mol. The molecule has 1 amide bonds. The fraction of sp³-hybridized carbons (Fsp3) is 0.190. The van der Waals surface area contributed by atoms with E-state index in [2.05, 4.69) is 15.3 Å². The fourth-order valence-corrected chi connectivity index (χ4v) is 3.09. The highest BCUT2D eigenvalue weighted by Gasteiger charge is 2.31. The quantitative estimate of drug-likeness (QED) is 0.498. The van der Waals surface area contributed by atoms with E-state index in [1.165, 1.54) is 12.3 Å². The number of anilines is 1. The van der Waals surface area contributed by atoms with Gasteiger partial charge in [-0.15, -0.1) is 0 Å². The molecule has 154 valence electrons. The summed E-state index contributed by atoms with van der Waals surface area (Å²) in [6.07, 6.45) is -0.737. The predicted octanol–water partition coefficient (Wildman–Crippen LogP) is 4.66. The average Bonchev–Trinajstić information content (AvgIpc) is 3.35. The Bertz CT molecular complexity index is 1150. The number of halogens is 3. The molecular weight excluding hydrogens is 397 g/mol. The summed E-state index contributed by atoms with van der Waals surface area (Å²) in [5, 5.41) is 2.70. The van der Waals surface area contributed by atoms with Gasteiger partial charge in [-0.05, 0) is 48.9 Å². The van der Waals surface area contributed by atoms with Gasteiger partial charge in [0.2, 0.25) is 11.9 Å². The lowest BCUT2D eigenvalue weighted by Gasteiger charge is -2.09. The molecule has 4 aromatic rings. The zero-order chi connectivity index (χ0) is 21.1. The van der Waals surface area contributed by atoms with Crippen LogP contribution >= 0.6 is 0 Å². The van der Waals surface area contributed by atoms with Crippen molar-refractivity contribution in [3.8, 4) is 0 Å². The van der Waals surface area contributed by atoms with E-state index in [0.717, 1.165) is 17.8 Å². The summed E-state index contributed by atoms with van der Waals surface area (Å²) in [6.45, 7) is 0.213. The summed E-state index contributed by atoms with van der Waals surface area (Å²) in [4.78, 5) is 20.9. The van der Waals surface area contributed by atoms with E-state index in [9.17, 15) is 18.0 Å².